The van der Waals surface area contributed by atoms with Crippen molar-refractivity contribution in [3.05, 3.63) is 0 Å². The highest BCUT2D eigenvalue weighted by Gasteiger charge is 2.62. The molecule has 0 aromatic carbocycles. The van der Waals surface area contributed by atoms with Crippen molar-refractivity contribution in [2.24, 2.45) is 46.3 Å². The van der Waals surface area contributed by atoms with Crippen molar-refractivity contribution in [3.63, 3.8) is 0 Å². The van der Waals surface area contributed by atoms with Crippen LogP contribution in [0.25, 0.3) is 0 Å². The molecule has 0 heterocycles. The Hall–Kier alpha value is -0.450. The standard InChI is InChI=1S/C27H46O4/c1-16(6-9-24(30)25(2,3)31)19-7-8-20-18-15-23(29)22-14-17(28)10-12-27(22,5)21(18)11-13-26(19,20)4/h16-23,28-29,31H,6-15H2,1-5H3/t16-,17-,18+,19-,20+,21+,22+,23+,26-,27-/m1/s1. The summed E-state index contributed by atoms with van der Waals surface area (Å²) in [6, 6.07) is 0. The van der Waals surface area contributed by atoms with Crippen LogP contribution < -0.4 is 0 Å². The van der Waals surface area contributed by atoms with Crippen LogP contribution in [0.1, 0.15) is 98.8 Å². The second kappa shape index (κ2) is 8.09. The normalized spacial score (nSPS) is 48.5. The van der Waals surface area contributed by atoms with E-state index in [0.29, 0.717) is 41.4 Å². The van der Waals surface area contributed by atoms with Crippen molar-refractivity contribution < 1.29 is 20.1 Å². The van der Waals surface area contributed by atoms with Gasteiger partial charge >= 0.3 is 0 Å². The van der Waals surface area contributed by atoms with Crippen LogP contribution in [0.2, 0.25) is 0 Å². The van der Waals surface area contributed by atoms with Gasteiger partial charge in [0.1, 0.15) is 5.60 Å². The van der Waals surface area contributed by atoms with Gasteiger partial charge in [0.05, 0.1) is 12.2 Å². The molecule has 4 heteroatoms. The summed E-state index contributed by atoms with van der Waals surface area (Å²) < 4.78 is 0. The van der Waals surface area contributed by atoms with E-state index in [2.05, 4.69) is 20.8 Å². The zero-order chi connectivity index (χ0) is 22.8. The van der Waals surface area contributed by atoms with Crippen LogP contribution in [0.3, 0.4) is 0 Å². The molecule has 0 radical (unpaired) electrons. The Kier molecular flexibility index (Phi) is 6.19. The van der Waals surface area contributed by atoms with Crippen molar-refractivity contribution >= 4 is 5.78 Å². The van der Waals surface area contributed by atoms with Gasteiger partial charge in [0, 0.05) is 6.42 Å². The molecule has 4 nitrogen and oxygen atoms in total. The largest absolute Gasteiger partial charge is 0.393 e. The van der Waals surface area contributed by atoms with Crippen LogP contribution in [0.15, 0.2) is 0 Å². The van der Waals surface area contributed by atoms with Crippen LogP contribution in [-0.4, -0.2) is 38.9 Å². The van der Waals surface area contributed by atoms with E-state index in [-0.39, 0.29) is 29.3 Å². The number of hydrogen-bond acceptors (Lipinski definition) is 4. The second-order valence-electron chi connectivity index (χ2n) is 12.9. The maximum absolute atomic E-state index is 12.3. The summed E-state index contributed by atoms with van der Waals surface area (Å²) in [5.41, 5.74) is -0.751. The number of hydrogen-bond donors (Lipinski definition) is 3. The Balaban J connectivity index is 1.49. The number of ketones is 1. The predicted molar refractivity (Wildman–Crippen MR) is 122 cm³/mol. The highest BCUT2D eigenvalue weighted by atomic mass is 16.3. The van der Waals surface area contributed by atoms with Gasteiger partial charge in [-0.3, -0.25) is 4.79 Å². The van der Waals surface area contributed by atoms with Gasteiger partial charge in [0.2, 0.25) is 0 Å². The van der Waals surface area contributed by atoms with E-state index in [4.69, 9.17) is 0 Å². The second-order valence-corrected chi connectivity index (χ2v) is 12.9. The van der Waals surface area contributed by atoms with Crippen LogP contribution in [0.5, 0.6) is 0 Å². The lowest BCUT2D eigenvalue weighted by molar-refractivity contribution is -0.172. The van der Waals surface area contributed by atoms with Gasteiger partial charge in [0.15, 0.2) is 5.78 Å². The number of aliphatic hydroxyl groups is 3. The predicted octanol–water partition coefficient (Wildman–Crippen LogP) is 4.73. The zero-order valence-corrected chi connectivity index (χ0v) is 20.4. The third-order valence-electron chi connectivity index (χ3n) is 10.9. The van der Waals surface area contributed by atoms with E-state index in [0.717, 1.165) is 32.1 Å². The molecule has 31 heavy (non-hydrogen) atoms. The third-order valence-corrected chi connectivity index (χ3v) is 10.9. The number of fused-ring (bicyclic) bond motifs is 5. The lowest BCUT2D eigenvalue weighted by Crippen LogP contribution is -2.58. The van der Waals surface area contributed by atoms with Crippen LogP contribution in [0.4, 0.5) is 0 Å². The van der Waals surface area contributed by atoms with E-state index >= 15 is 0 Å². The van der Waals surface area contributed by atoms with Crippen LogP contribution in [0, 0.1) is 46.3 Å². The van der Waals surface area contributed by atoms with Gasteiger partial charge in [-0.2, -0.15) is 0 Å². The Morgan fingerprint density at radius 1 is 0.968 bits per heavy atom. The summed E-state index contributed by atoms with van der Waals surface area (Å²) in [5, 5.41) is 31.4. The SMILES string of the molecule is C[C@H](CCC(=O)C(C)(C)O)[C@H]1CC[C@H]2[C@@H]3C[C@H](O)[C@@H]4C[C@H](O)CC[C@]4(C)[C@H]3CC[C@]12C. The Morgan fingerprint density at radius 3 is 2.29 bits per heavy atom. The van der Waals surface area contributed by atoms with Crippen molar-refractivity contribution in [2.75, 3.05) is 0 Å². The van der Waals surface area contributed by atoms with E-state index in [1.807, 2.05) is 0 Å². The number of Topliss-reactive ketones (excluding diaryl/α,β-unsaturated/α-hetero) is 1. The summed E-state index contributed by atoms with van der Waals surface area (Å²) in [7, 11) is 0. The summed E-state index contributed by atoms with van der Waals surface area (Å²) >= 11 is 0. The Bertz CT molecular complexity index is 683. The number of carbonyl (C=O) groups excluding carboxylic acids is 1. The molecule has 4 saturated carbocycles. The fourth-order valence-electron chi connectivity index (χ4n) is 9.12. The minimum atomic E-state index is -1.22. The molecule has 10 atom stereocenters. The smallest absolute Gasteiger partial charge is 0.163 e. The molecule has 0 bridgehead atoms. The molecule has 4 fully saturated rings. The van der Waals surface area contributed by atoms with E-state index < -0.39 is 5.60 Å². The Labute approximate surface area is 189 Å². The first-order valence-electron chi connectivity index (χ1n) is 13.0. The van der Waals surface area contributed by atoms with Gasteiger partial charge in [-0.15, -0.1) is 0 Å². The lowest BCUT2D eigenvalue weighted by Gasteiger charge is -2.62. The monoisotopic (exact) mass is 434 g/mol. The Morgan fingerprint density at radius 2 is 1.61 bits per heavy atom. The van der Waals surface area contributed by atoms with Crippen LogP contribution in [-0.2, 0) is 4.79 Å². The maximum atomic E-state index is 12.3. The molecule has 0 aromatic heterocycles. The fraction of sp³-hybridized carbons (Fsp3) is 0.963. The molecule has 0 aliphatic heterocycles. The van der Waals surface area contributed by atoms with Gasteiger partial charge < -0.3 is 15.3 Å². The fourth-order valence-corrected chi connectivity index (χ4v) is 9.12. The minimum absolute atomic E-state index is 0.0448. The first-order valence-corrected chi connectivity index (χ1v) is 13.0. The van der Waals surface area contributed by atoms with Crippen molar-refractivity contribution in [2.45, 2.75) is 117 Å². The zero-order valence-electron chi connectivity index (χ0n) is 20.4. The van der Waals surface area contributed by atoms with Crippen molar-refractivity contribution in [3.8, 4) is 0 Å². The molecule has 0 unspecified atom stereocenters. The topological polar surface area (TPSA) is 77.8 Å². The molecule has 0 spiro atoms. The summed E-state index contributed by atoms with van der Waals surface area (Å²) in [6.45, 7) is 10.4. The van der Waals surface area contributed by atoms with Crippen molar-refractivity contribution in [1.82, 2.24) is 0 Å². The van der Waals surface area contributed by atoms with Gasteiger partial charge in [-0.05, 0) is 118 Å². The molecule has 0 amide bonds. The molecule has 4 aliphatic rings. The molecule has 3 N–H and O–H groups in total. The molecular formula is C27H46O4. The highest BCUT2D eigenvalue weighted by Crippen LogP contribution is 2.68. The first-order chi connectivity index (χ1) is 14.4. The minimum Gasteiger partial charge on any atom is -0.393 e. The third kappa shape index (κ3) is 3.93. The van der Waals surface area contributed by atoms with E-state index in [1.165, 1.54) is 25.7 Å². The molecule has 4 aliphatic carbocycles. The highest BCUT2D eigenvalue weighted by molar-refractivity contribution is 5.86. The number of rotatable bonds is 5. The maximum Gasteiger partial charge on any atom is 0.163 e. The van der Waals surface area contributed by atoms with Gasteiger partial charge in [-0.1, -0.05) is 20.8 Å². The number of carbonyl (C=O) groups is 1. The van der Waals surface area contributed by atoms with Gasteiger partial charge in [0.25, 0.3) is 0 Å². The molecular weight excluding hydrogens is 388 g/mol. The molecule has 0 aromatic rings. The quantitative estimate of drug-likeness (QED) is 0.584. The van der Waals surface area contributed by atoms with Gasteiger partial charge in [-0.25, -0.2) is 0 Å². The van der Waals surface area contributed by atoms with E-state index in [1.54, 1.807) is 13.8 Å². The number of aliphatic hydroxyl groups excluding tert-OH is 2. The molecule has 0 saturated heterocycles. The van der Waals surface area contributed by atoms with E-state index in [9.17, 15) is 20.1 Å². The average molecular weight is 435 g/mol. The average Bonchev–Trinajstić information content (AvgIpc) is 3.04. The van der Waals surface area contributed by atoms with Crippen molar-refractivity contribution in [1.29, 1.82) is 0 Å². The van der Waals surface area contributed by atoms with Crippen LogP contribution >= 0.6 is 0 Å². The molecule has 178 valence electrons. The summed E-state index contributed by atoms with van der Waals surface area (Å²) in [6.07, 6.45) is 9.45. The summed E-state index contributed by atoms with van der Waals surface area (Å²) in [4.78, 5) is 12.3. The first kappa shape index (κ1) is 23.7. The molecule has 4 rings (SSSR count). The lowest BCUT2D eigenvalue weighted by atomic mass is 9.44. The summed E-state index contributed by atoms with van der Waals surface area (Å²) in [5.74, 6) is 3.27.